The smallest absolute Gasteiger partial charge is 0.232 e. The van der Waals surface area contributed by atoms with Gasteiger partial charge < -0.3 is 9.88 Å². The van der Waals surface area contributed by atoms with Gasteiger partial charge in [0.2, 0.25) is 5.91 Å². The fourth-order valence-electron chi connectivity index (χ4n) is 3.53. The Balaban J connectivity index is 1.53. The highest BCUT2D eigenvalue weighted by atomic mass is 16.1. The van der Waals surface area contributed by atoms with Crippen LogP contribution < -0.4 is 5.32 Å². The van der Waals surface area contributed by atoms with Gasteiger partial charge in [0.15, 0.2) is 0 Å². The molecule has 0 unspecified atom stereocenters. The Bertz CT molecular complexity index is 1000. The second-order valence-corrected chi connectivity index (χ2v) is 6.98. The zero-order valence-electron chi connectivity index (χ0n) is 16.1. The van der Waals surface area contributed by atoms with Crippen molar-refractivity contribution in [2.45, 2.75) is 19.0 Å². The van der Waals surface area contributed by atoms with Crippen LogP contribution in [0.4, 0.5) is 0 Å². The summed E-state index contributed by atoms with van der Waals surface area (Å²) in [6, 6.07) is 28.0. The molecule has 0 aliphatic carbocycles. The van der Waals surface area contributed by atoms with E-state index >= 15 is 0 Å². The molecule has 0 aliphatic heterocycles. The predicted octanol–water partition coefficient (Wildman–Crippen LogP) is 4.38. The molecule has 0 aliphatic rings. The Kier molecular flexibility index (Phi) is 5.81. The average Bonchev–Trinajstić information content (AvgIpc) is 3.28. The summed E-state index contributed by atoms with van der Waals surface area (Å²) in [5.41, 5.74) is 4.25. The van der Waals surface area contributed by atoms with E-state index in [1.54, 1.807) is 12.5 Å². The fourth-order valence-corrected chi connectivity index (χ4v) is 3.53. The van der Waals surface area contributed by atoms with Gasteiger partial charge in [-0.3, -0.25) is 4.79 Å². The first-order chi connectivity index (χ1) is 14.3. The van der Waals surface area contributed by atoms with Gasteiger partial charge in [-0.1, -0.05) is 84.9 Å². The summed E-state index contributed by atoms with van der Waals surface area (Å²) in [7, 11) is 0. The quantitative estimate of drug-likeness (QED) is 0.516. The van der Waals surface area contributed by atoms with Crippen molar-refractivity contribution >= 4 is 5.91 Å². The van der Waals surface area contributed by atoms with Crippen LogP contribution in [0.3, 0.4) is 0 Å². The largest absolute Gasteiger partial charge is 0.351 e. The lowest BCUT2D eigenvalue weighted by atomic mass is 9.90. The summed E-state index contributed by atoms with van der Waals surface area (Å²) in [5.74, 6) is -0.335. The molecule has 0 bridgehead atoms. The SMILES string of the molecule is O=C(NCc1ccccc1Cn1ccnc1)C(c1ccccc1)c1ccccc1. The van der Waals surface area contributed by atoms with Gasteiger partial charge in [0, 0.05) is 25.5 Å². The molecule has 144 valence electrons. The third-order valence-corrected chi connectivity index (χ3v) is 5.01. The van der Waals surface area contributed by atoms with E-state index in [0.29, 0.717) is 6.54 Å². The minimum Gasteiger partial charge on any atom is -0.351 e. The lowest BCUT2D eigenvalue weighted by Gasteiger charge is -2.19. The molecule has 1 aromatic heterocycles. The maximum Gasteiger partial charge on any atom is 0.232 e. The van der Waals surface area contributed by atoms with E-state index in [-0.39, 0.29) is 11.8 Å². The molecule has 4 rings (SSSR count). The summed E-state index contributed by atoms with van der Waals surface area (Å²) >= 11 is 0. The van der Waals surface area contributed by atoms with Crippen LogP contribution in [0.2, 0.25) is 0 Å². The Labute approximate surface area is 170 Å². The lowest BCUT2D eigenvalue weighted by Crippen LogP contribution is -2.30. The van der Waals surface area contributed by atoms with Gasteiger partial charge in [0.1, 0.15) is 0 Å². The normalized spacial score (nSPS) is 10.8. The van der Waals surface area contributed by atoms with E-state index in [9.17, 15) is 4.79 Å². The van der Waals surface area contributed by atoms with Gasteiger partial charge >= 0.3 is 0 Å². The monoisotopic (exact) mass is 381 g/mol. The molecule has 1 amide bonds. The van der Waals surface area contributed by atoms with Gasteiger partial charge in [0.25, 0.3) is 0 Å². The van der Waals surface area contributed by atoms with Crippen molar-refractivity contribution in [2.24, 2.45) is 0 Å². The zero-order chi connectivity index (χ0) is 19.9. The summed E-state index contributed by atoms with van der Waals surface area (Å²) < 4.78 is 2.03. The van der Waals surface area contributed by atoms with Crippen molar-refractivity contribution in [3.05, 3.63) is 126 Å². The van der Waals surface area contributed by atoms with Crippen LogP contribution in [0.25, 0.3) is 0 Å². The van der Waals surface area contributed by atoms with Gasteiger partial charge in [-0.15, -0.1) is 0 Å². The highest BCUT2D eigenvalue weighted by Crippen LogP contribution is 2.25. The molecule has 4 nitrogen and oxygen atoms in total. The Morgan fingerprint density at radius 3 is 2.00 bits per heavy atom. The maximum absolute atomic E-state index is 13.2. The predicted molar refractivity (Wildman–Crippen MR) is 114 cm³/mol. The first-order valence-electron chi connectivity index (χ1n) is 9.71. The molecule has 3 aromatic carbocycles. The van der Waals surface area contributed by atoms with Gasteiger partial charge in [-0.05, 0) is 22.3 Å². The van der Waals surface area contributed by atoms with Crippen LogP contribution in [-0.2, 0) is 17.9 Å². The Hall–Kier alpha value is -3.66. The number of hydrogen-bond donors (Lipinski definition) is 1. The standard InChI is InChI=1S/C25H23N3O/c29-25(24(20-9-3-1-4-10-20)21-11-5-2-6-12-21)27-17-22-13-7-8-14-23(22)18-28-16-15-26-19-28/h1-16,19,24H,17-18H2,(H,27,29). The van der Waals surface area contributed by atoms with E-state index in [4.69, 9.17) is 0 Å². The van der Waals surface area contributed by atoms with Crippen LogP contribution in [0.15, 0.2) is 104 Å². The molecular weight excluding hydrogens is 358 g/mol. The third-order valence-electron chi connectivity index (χ3n) is 5.01. The first-order valence-corrected chi connectivity index (χ1v) is 9.71. The average molecular weight is 381 g/mol. The topological polar surface area (TPSA) is 46.9 Å². The van der Waals surface area contributed by atoms with Crippen LogP contribution >= 0.6 is 0 Å². The second-order valence-electron chi connectivity index (χ2n) is 6.98. The van der Waals surface area contributed by atoms with Crippen molar-refractivity contribution in [1.29, 1.82) is 0 Å². The minimum atomic E-state index is -0.335. The zero-order valence-corrected chi connectivity index (χ0v) is 16.1. The maximum atomic E-state index is 13.2. The molecule has 1 heterocycles. The molecule has 0 fully saturated rings. The molecule has 4 aromatic rings. The van der Waals surface area contributed by atoms with E-state index in [2.05, 4.69) is 22.4 Å². The molecule has 0 saturated carbocycles. The van der Waals surface area contributed by atoms with E-state index in [0.717, 1.165) is 23.2 Å². The van der Waals surface area contributed by atoms with Crippen LogP contribution in [0.5, 0.6) is 0 Å². The Morgan fingerprint density at radius 2 is 1.41 bits per heavy atom. The molecule has 1 N–H and O–H groups in total. The molecule has 29 heavy (non-hydrogen) atoms. The minimum absolute atomic E-state index is 0.000154. The summed E-state index contributed by atoms with van der Waals surface area (Å²) in [4.78, 5) is 17.3. The number of carbonyl (C=O) groups is 1. The number of hydrogen-bond acceptors (Lipinski definition) is 2. The number of amides is 1. The number of nitrogens with zero attached hydrogens (tertiary/aromatic N) is 2. The number of carbonyl (C=O) groups excluding carboxylic acids is 1. The van der Waals surface area contributed by atoms with Crippen molar-refractivity contribution in [1.82, 2.24) is 14.9 Å². The van der Waals surface area contributed by atoms with Crippen molar-refractivity contribution in [3.63, 3.8) is 0 Å². The third kappa shape index (κ3) is 4.61. The number of aromatic nitrogens is 2. The molecule has 0 atom stereocenters. The van der Waals surface area contributed by atoms with Crippen molar-refractivity contribution in [2.75, 3.05) is 0 Å². The lowest BCUT2D eigenvalue weighted by molar-refractivity contribution is -0.121. The molecular formula is C25H23N3O. The van der Waals surface area contributed by atoms with E-state index in [1.807, 2.05) is 83.6 Å². The van der Waals surface area contributed by atoms with Gasteiger partial charge in [-0.25, -0.2) is 4.98 Å². The van der Waals surface area contributed by atoms with Crippen molar-refractivity contribution < 1.29 is 4.79 Å². The highest BCUT2D eigenvalue weighted by molar-refractivity contribution is 5.87. The van der Waals surface area contributed by atoms with Crippen LogP contribution in [0.1, 0.15) is 28.2 Å². The summed E-state index contributed by atoms with van der Waals surface area (Å²) in [5, 5.41) is 3.15. The fraction of sp³-hybridized carbons (Fsp3) is 0.120. The van der Waals surface area contributed by atoms with E-state index in [1.165, 1.54) is 5.56 Å². The molecule has 0 saturated heterocycles. The molecule has 4 heteroatoms. The van der Waals surface area contributed by atoms with E-state index < -0.39 is 0 Å². The van der Waals surface area contributed by atoms with Crippen LogP contribution in [-0.4, -0.2) is 15.5 Å². The summed E-state index contributed by atoms with van der Waals surface area (Å²) in [6.45, 7) is 1.21. The van der Waals surface area contributed by atoms with Gasteiger partial charge in [0.05, 0.1) is 12.2 Å². The highest BCUT2D eigenvalue weighted by Gasteiger charge is 2.22. The number of rotatable bonds is 7. The number of benzene rings is 3. The Morgan fingerprint density at radius 1 is 0.828 bits per heavy atom. The molecule has 0 radical (unpaired) electrons. The van der Waals surface area contributed by atoms with Crippen molar-refractivity contribution in [3.8, 4) is 0 Å². The first kappa shape index (κ1) is 18.7. The number of imidazole rings is 1. The number of nitrogens with one attached hydrogen (secondary N) is 1. The van der Waals surface area contributed by atoms with Gasteiger partial charge in [-0.2, -0.15) is 0 Å². The van der Waals surface area contributed by atoms with Crippen LogP contribution in [0, 0.1) is 0 Å². The second kappa shape index (κ2) is 9.02. The summed E-state index contributed by atoms with van der Waals surface area (Å²) in [6.07, 6.45) is 5.51. The molecule has 0 spiro atoms.